The van der Waals surface area contributed by atoms with Gasteiger partial charge in [0.05, 0.1) is 13.6 Å². The second-order valence-corrected chi connectivity index (χ2v) is 14.9. The van der Waals surface area contributed by atoms with Crippen molar-refractivity contribution in [3.63, 3.8) is 0 Å². The third kappa shape index (κ3) is 23.1. The third-order valence-electron chi connectivity index (χ3n) is 10.3. The number of nitrogens with zero attached hydrogens (tertiary/aromatic N) is 2. The van der Waals surface area contributed by atoms with Crippen LogP contribution in [0.4, 0.5) is 0 Å². The molecule has 1 rings (SSSR count). The fourth-order valence-electron chi connectivity index (χ4n) is 7.07. The quantitative estimate of drug-likeness (QED) is 0.0438. The van der Waals surface area contributed by atoms with Crippen LogP contribution in [0.3, 0.4) is 0 Å². The molecule has 0 amide bonds. The van der Waals surface area contributed by atoms with Crippen molar-refractivity contribution in [1.82, 2.24) is 0 Å². The molecular formula is C42H82N3+. The smallest absolute Gasteiger partial charge is 0.200 e. The molecule has 0 aromatic carbocycles. The third-order valence-corrected chi connectivity index (χ3v) is 10.3. The van der Waals surface area contributed by atoms with Gasteiger partial charge in [-0.25, -0.2) is 4.99 Å². The molecule has 0 aromatic rings. The van der Waals surface area contributed by atoms with Gasteiger partial charge in [-0.15, -0.1) is 0 Å². The summed E-state index contributed by atoms with van der Waals surface area (Å²) in [6, 6.07) is 0. The van der Waals surface area contributed by atoms with Gasteiger partial charge < -0.3 is 5.73 Å². The topological polar surface area (TPSA) is 38.4 Å². The van der Waals surface area contributed by atoms with E-state index in [0.717, 1.165) is 23.9 Å². The van der Waals surface area contributed by atoms with Crippen LogP contribution in [0.1, 0.15) is 213 Å². The van der Waals surface area contributed by atoms with Crippen molar-refractivity contribution in [2.45, 2.75) is 219 Å². The van der Waals surface area contributed by atoms with Crippen molar-refractivity contribution in [3.8, 4) is 0 Å². The molecule has 0 fully saturated rings. The first-order valence-electron chi connectivity index (χ1n) is 20.5. The maximum Gasteiger partial charge on any atom is 0.200 e. The summed E-state index contributed by atoms with van der Waals surface area (Å²) in [7, 11) is 2.42. The van der Waals surface area contributed by atoms with Crippen LogP contribution >= 0.6 is 0 Å². The Morgan fingerprint density at radius 1 is 0.533 bits per heavy atom. The predicted octanol–water partition coefficient (Wildman–Crippen LogP) is 13.4. The van der Waals surface area contributed by atoms with E-state index in [0.29, 0.717) is 0 Å². The standard InChI is InChI=1S/C42H82N3/c1-5-8-10-12-14-16-18-20-22-24-26-28-30-32-34-36-38-41-44-42(43,7-3)40-45(41,4)39-37-35-33-31-29-27-25-23-21-19-17-15-13-11-9-6-2/h20-23H,5-19,24-40,43H2,1-4H3/q+1. The Morgan fingerprint density at radius 3 is 1.29 bits per heavy atom. The van der Waals surface area contributed by atoms with Crippen molar-refractivity contribution in [2.24, 2.45) is 10.7 Å². The van der Waals surface area contributed by atoms with Crippen LogP contribution in [0.2, 0.25) is 0 Å². The van der Waals surface area contributed by atoms with E-state index < -0.39 is 0 Å². The lowest BCUT2D eigenvalue weighted by atomic mass is 10.1. The number of quaternary nitrogens is 1. The zero-order valence-corrected chi connectivity index (χ0v) is 31.4. The molecule has 1 heterocycles. The average molecular weight is 629 g/mol. The van der Waals surface area contributed by atoms with E-state index >= 15 is 0 Å². The maximum absolute atomic E-state index is 6.73. The molecule has 0 aliphatic carbocycles. The van der Waals surface area contributed by atoms with E-state index in [4.69, 9.17) is 10.7 Å². The summed E-state index contributed by atoms with van der Waals surface area (Å²) in [6.45, 7) is 9.01. The first-order valence-corrected chi connectivity index (χ1v) is 20.5. The van der Waals surface area contributed by atoms with Gasteiger partial charge in [-0.3, -0.25) is 4.48 Å². The highest BCUT2D eigenvalue weighted by atomic mass is 15.4. The van der Waals surface area contributed by atoms with Crippen molar-refractivity contribution in [1.29, 1.82) is 0 Å². The van der Waals surface area contributed by atoms with Gasteiger partial charge in [0.1, 0.15) is 6.54 Å². The molecule has 2 unspecified atom stereocenters. The molecule has 2 atom stereocenters. The van der Waals surface area contributed by atoms with E-state index in [-0.39, 0.29) is 5.66 Å². The summed E-state index contributed by atoms with van der Waals surface area (Å²) in [6.07, 6.45) is 50.1. The average Bonchev–Trinajstić information content (AvgIpc) is 3.30. The first-order chi connectivity index (χ1) is 22.0. The molecule has 0 saturated heterocycles. The fraction of sp³-hybridized carbons (Fsp3) is 0.881. The molecular weight excluding hydrogens is 546 g/mol. The molecule has 0 bridgehead atoms. The van der Waals surface area contributed by atoms with Crippen LogP contribution in [0, 0.1) is 0 Å². The Labute approximate surface area is 284 Å². The molecule has 45 heavy (non-hydrogen) atoms. The highest BCUT2D eigenvalue weighted by Gasteiger charge is 2.45. The highest BCUT2D eigenvalue weighted by molar-refractivity contribution is 5.77. The maximum atomic E-state index is 6.73. The number of nitrogens with two attached hydrogens (primary N) is 1. The van der Waals surface area contributed by atoms with Gasteiger partial charge >= 0.3 is 0 Å². The minimum Gasteiger partial charge on any atom is -0.302 e. The number of allylic oxidation sites excluding steroid dienone is 4. The number of likely N-dealkylation sites (N-methyl/N-ethyl adjacent to an activating group) is 1. The monoisotopic (exact) mass is 629 g/mol. The normalized spacial score (nSPS) is 20.2. The zero-order chi connectivity index (χ0) is 32.7. The molecule has 1 aliphatic heterocycles. The van der Waals surface area contributed by atoms with E-state index in [9.17, 15) is 0 Å². The lowest BCUT2D eigenvalue weighted by Crippen LogP contribution is -2.53. The Bertz CT molecular complexity index is 740. The number of amidine groups is 1. The van der Waals surface area contributed by atoms with Gasteiger partial charge in [-0.2, -0.15) is 0 Å². The number of rotatable bonds is 33. The first kappa shape index (κ1) is 42.1. The molecule has 2 N–H and O–H groups in total. The van der Waals surface area contributed by atoms with E-state index in [2.05, 4.69) is 52.1 Å². The van der Waals surface area contributed by atoms with E-state index in [1.807, 2.05) is 0 Å². The molecule has 1 aliphatic rings. The van der Waals surface area contributed by atoms with E-state index in [1.165, 1.54) is 192 Å². The molecule has 3 nitrogen and oxygen atoms in total. The van der Waals surface area contributed by atoms with Gasteiger partial charge in [0.15, 0.2) is 11.5 Å². The summed E-state index contributed by atoms with van der Waals surface area (Å²) in [5.74, 6) is 1.39. The van der Waals surface area contributed by atoms with E-state index in [1.54, 1.807) is 0 Å². The van der Waals surface area contributed by atoms with Crippen LogP contribution < -0.4 is 5.73 Å². The van der Waals surface area contributed by atoms with Crippen LogP contribution in [0.25, 0.3) is 0 Å². The van der Waals surface area contributed by atoms with Crippen LogP contribution in [0.5, 0.6) is 0 Å². The van der Waals surface area contributed by atoms with Gasteiger partial charge in [-0.05, 0) is 77.0 Å². The Hall–Kier alpha value is -0.930. The molecule has 3 heteroatoms. The molecule has 0 saturated carbocycles. The summed E-state index contributed by atoms with van der Waals surface area (Å²) in [5, 5.41) is 0. The summed E-state index contributed by atoms with van der Waals surface area (Å²) >= 11 is 0. The summed E-state index contributed by atoms with van der Waals surface area (Å²) < 4.78 is 0.999. The molecule has 0 radical (unpaired) electrons. The lowest BCUT2D eigenvalue weighted by Gasteiger charge is -2.32. The van der Waals surface area contributed by atoms with Crippen LogP contribution in [-0.4, -0.2) is 36.1 Å². The molecule has 264 valence electrons. The van der Waals surface area contributed by atoms with Crippen LogP contribution in [-0.2, 0) is 0 Å². The van der Waals surface area contributed by atoms with Crippen molar-refractivity contribution < 1.29 is 4.48 Å². The van der Waals surface area contributed by atoms with Crippen molar-refractivity contribution >= 4 is 5.84 Å². The van der Waals surface area contributed by atoms with Crippen molar-refractivity contribution in [3.05, 3.63) is 24.3 Å². The lowest BCUT2D eigenvalue weighted by molar-refractivity contribution is -0.819. The number of unbranched alkanes of at least 4 members (excludes halogenated alkanes) is 24. The SMILES string of the molecule is CCCCCCCCC=CCCCCCCCCC1=NC(N)(CC)C[N+]1(C)CCCCCCCCC=CCCCCCCCC. The Balaban J connectivity index is 2.09. The van der Waals surface area contributed by atoms with Crippen LogP contribution in [0.15, 0.2) is 29.3 Å². The Kier molecular flexibility index (Phi) is 27.3. The number of hydrogen-bond donors (Lipinski definition) is 1. The second kappa shape index (κ2) is 29.2. The second-order valence-electron chi connectivity index (χ2n) is 14.9. The number of hydrogen-bond acceptors (Lipinski definition) is 2. The zero-order valence-electron chi connectivity index (χ0n) is 31.4. The van der Waals surface area contributed by atoms with Crippen molar-refractivity contribution in [2.75, 3.05) is 20.1 Å². The Morgan fingerprint density at radius 2 is 0.889 bits per heavy atom. The minimum atomic E-state index is -0.338. The molecule has 0 spiro atoms. The fourth-order valence-corrected chi connectivity index (χ4v) is 7.07. The minimum absolute atomic E-state index is 0.338. The van der Waals surface area contributed by atoms with Gasteiger partial charge in [0.2, 0.25) is 0 Å². The number of aliphatic imine (C=N–C) groups is 1. The van der Waals surface area contributed by atoms with Gasteiger partial charge in [0.25, 0.3) is 0 Å². The largest absolute Gasteiger partial charge is 0.302 e. The summed E-state index contributed by atoms with van der Waals surface area (Å²) in [5.41, 5.74) is 6.39. The highest BCUT2D eigenvalue weighted by Crippen LogP contribution is 2.29. The molecule has 0 aromatic heterocycles. The predicted molar refractivity (Wildman–Crippen MR) is 204 cm³/mol. The van der Waals surface area contributed by atoms with Gasteiger partial charge in [-0.1, -0.05) is 154 Å². The van der Waals surface area contributed by atoms with Gasteiger partial charge in [0, 0.05) is 6.42 Å². The summed E-state index contributed by atoms with van der Waals surface area (Å²) in [4.78, 5) is 5.14.